The van der Waals surface area contributed by atoms with Crippen LogP contribution in [-0.2, 0) is 6.54 Å². The molecule has 0 atom stereocenters. The number of rotatable bonds is 4. The predicted molar refractivity (Wildman–Crippen MR) is 74.1 cm³/mol. The number of hydrogen-bond acceptors (Lipinski definition) is 5. The molecule has 0 saturated heterocycles. The number of benzene rings is 1. The molecule has 106 valence electrons. The van der Waals surface area contributed by atoms with Gasteiger partial charge in [-0.1, -0.05) is 5.16 Å². The van der Waals surface area contributed by atoms with Gasteiger partial charge in [0.05, 0.1) is 15.1 Å². The molecular formula is C12H11BrFN3O3. The van der Waals surface area contributed by atoms with E-state index in [9.17, 15) is 14.5 Å². The fraction of sp³-hybridized carbons (Fsp3) is 0.250. The van der Waals surface area contributed by atoms with E-state index in [0.29, 0.717) is 11.5 Å². The van der Waals surface area contributed by atoms with Crippen LogP contribution in [0.1, 0.15) is 17.0 Å². The highest BCUT2D eigenvalue weighted by Crippen LogP contribution is 2.31. The van der Waals surface area contributed by atoms with Gasteiger partial charge < -0.3 is 9.84 Å². The van der Waals surface area contributed by atoms with E-state index in [0.717, 1.165) is 17.7 Å². The minimum Gasteiger partial charge on any atom is -0.375 e. The lowest BCUT2D eigenvalue weighted by molar-refractivity contribution is -0.384. The van der Waals surface area contributed by atoms with Gasteiger partial charge in [0.1, 0.15) is 17.3 Å². The van der Waals surface area contributed by atoms with E-state index in [1.807, 2.05) is 0 Å². The Bertz CT molecular complexity index is 653. The molecule has 6 nitrogen and oxygen atoms in total. The van der Waals surface area contributed by atoms with Gasteiger partial charge in [-0.05, 0) is 29.8 Å². The lowest BCUT2D eigenvalue weighted by Gasteiger charge is -2.08. The van der Waals surface area contributed by atoms with Crippen LogP contribution in [0, 0.1) is 29.8 Å². The highest BCUT2D eigenvalue weighted by molar-refractivity contribution is 9.10. The molecule has 0 fully saturated rings. The highest BCUT2D eigenvalue weighted by Gasteiger charge is 2.18. The predicted octanol–water partition coefficient (Wildman–Crippen LogP) is 3.71. The Morgan fingerprint density at radius 3 is 2.75 bits per heavy atom. The molecule has 0 saturated carbocycles. The van der Waals surface area contributed by atoms with Crippen molar-refractivity contribution in [1.82, 2.24) is 5.16 Å². The summed E-state index contributed by atoms with van der Waals surface area (Å²) in [5.74, 6) is 0.0482. The van der Waals surface area contributed by atoms with Crippen molar-refractivity contribution in [2.45, 2.75) is 20.4 Å². The molecule has 0 amide bonds. The number of aromatic nitrogens is 1. The van der Waals surface area contributed by atoms with Crippen molar-refractivity contribution in [3.63, 3.8) is 0 Å². The Labute approximate surface area is 122 Å². The third-order valence-corrected chi connectivity index (χ3v) is 3.48. The van der Waals surface area contributed by atoms with Crippen LogP contribution in [0.15, 0.2) is 21.1 Å². The van der Waals surface area contributed by atoms with Crippen molar-refractivity contribution in [2.75, 3.05) is 5.32 Å². The van der Waals surface area contributed by atoms with Crippen LogP contribution in [0.4, 0.5) is 15.8 Å². The van der Waals surface area contributed by atoms with Gasteiger partial charge in [-0.2, -0.15) is 0 Å². The molecule has 0 bridgehead atoms. The maximum absolute atomic E-state index is 13.5. The smallest absolute Gasteiger partial charge is 0.293 e. The van der Waals surface area contributed by atoms with Crippen LogP contribution in [0.5, 0.6) is 0 Å². The molecule has 0 radical (unpaired) electrons. The second kappa shape index (κ2) is 5.58. The number of hydrogen-bond donors (Lipinski definition) is 1. The summed E-state index contributed by atoms with van der Waals surface area (Å²) in [6, 6.07) is 2.21. The van der Waals surface area contributed by atoms with E-state index in [4.69, 9.17) is 4.52 Å². The van der Waals surface area contributed by atoms with E-state index in [1.165, 1.54) is 0 Å². The topological polar surface area (TPSA) is 81.2 Å². The molecule has 1 N–H and O–H groups in total. The quantitative estimate of drug-likeness (QED) is 0.675. The van der Waals surface area contributed by atoms with E-state index in [1.54, 1.807) is 13.8 Å². The molecule has 1 aromatic carbocycles. The molecular weight excluding hydrogens is 333 g/mol. The zero-order chi connectivity index (χ0) is 14.9. The SMILES string of the molecule is Cc1noc(C)c1CNc1cc(F)c(Br)cc1[N+](=O)[O-]. The molecule has 0 unspecified atom stereocenters. The first-order valence-electron chi connectivity index (χ1n) is 5.69. The first kappa shape index (κ1) is 14.4. The molecule has 0 aliphatic heterocycles. The Hall–Kier alpha value is -1.96. The Morgan fingerprint density at radius 1 is 1.50 bits per heavy atom. The summed E-state index contributed by atoms with van der Waals surface area (Å²) in [5, 5.41) is 17.6. The van der Waals surface area contributed by atoms with E-state index < -0.39 is 10.7 Å². The molecule has 1 aromatic heterocycles. The third-order valence-electron chi connectivity index (χ3n) is 2.87. The lowest BCUT2D eigenvalue weighted by Crippen LogP contribution is -2.05. The Morgan fingerprint density at radius 2 is 2.20 bits per heavy atom. The summed E-state index contributed by atoms with van der Waals surface area (Å²) >= 11 is 2.93. The van der Waals surface area contributed by atoms with Gasteiger partial charge in [0.15, 0.2) is 0 Å². The summed E-state index contributed by atoms with van der Waals surface area (Å²) in [6.07, 6.45) is 0. The standard InChI is InChI=1S/C12H11BrFN3O3/c1-6-8(7(2)20-16-6)5-15-11-4-10(14)9(13)3-12(11)17(18)19/h3-4,15H,5H2,1-2H3. The first-order valence-corrected chi connectivity index (χ1v) is 6.48. The van der Waals surface area contributed by atoms with Gasteiger partial charge >= 0.3 is 0 Å². The normalized spacial score (nSPS) is 10.6. The summed E-state index contributed by atoms with van der Waals surface area (Å²) in [4.78, 5) is 10.4. The van der Waals surface area contributed by atoms with Crippen LogP contribution in [0.2, 0.25) is 0 Å². The number of halogens is 2. The highest BCUT2D eigenvalue weighted by atomic mass is 79.9. The molecule has 0 aliphatic carbocycles. The van der Waals surface area contributed by atoms with Gasteiger partial charge in [-0.25, -0.2) is 4.39 Å². The van der Waals surface area contributed by atoms with E-state index in [-0.39, 0.29) is 22.4 Å². The third kappa shape index (κ3) is 2.79. The number of nitro groups is 1. The molecule has 2 rings (SSSR count). The summed E-state index contributed by atoms with van der Waals surface area (Å²) in [6.45, 7) is 3.78. The zero-order valence-corrected chi connectivity index (χ0v) is 12.3. The van der Waals surface area contributed by atoms with Crippen molar-refractivity contribution in [2.24, 2.45) is 0 Å². The number of nitrogens with one attached hydrogen (secondary N) is 1. The molecule has 0 spiro atoms. The van der Waals surface area contributed by atoms with Crippen molar-refractivity contribution in [3.05, 3.63) is 49.6 Å². The zero-order valence-electron chi connectivity index (χ0n) is 10.7. The molecule has 1 heterocycles. The maximum Gasteiger partial charge on any atom is 0.293 e. The van der Waals surface area contributed by atoms with Crippen LogP contribution in [0.3, 0.4) is 0 Å². The fourth-order valence-electron chi connectivity index (χ4n) is 1.77. The van der Waals surface area contributed by atoms with Crippen molar-refractivity contribution in [3.8, 4) is 0 Å². The number of nitro benzene ring substituents is 1. The van der Waals surface area contributed by atoms with Crippen molar-refractivity contribution in [1.29, 1.82) is 0 Å². The van der Waals surface area contributed by atoms with Crippen molar-refractivity contribution >= 4 is 27.3 Å². The minimum absolute atomic E-state index is 0.0482. The number of aryl methyl sites for hydroxylation is 2. The van der Waals surface area contributed by atoms with Crippen LogP contribution < -0.4 is 5.32 Å². The number of nitrogens with zero attached hydrogens (tertiary/aromatic N) is 2. The van der Waals surface area contributed by atoms with Gasteiger partial charge in [-0.15, -0.1) is 0 Å². The second-order valence-electron chi connectivity index (χ2n) is 4.20. The second-order valence-corrected chi connectivity index (χ2v) is 5.05. The molecule has 0 aliphatic rings. The lowest BCUT2D eigenvalue weighted by atomic mass is 10.2. The largest absolute Gasteiger partial charge is 0.375 e. The minimum atomic E-state index is -0.572. The molecule has 2 aromatic rings. The maximum atomic E-state index is 13.5. The molecule has 8 heteroatoms. The molecule has 20 heavy (non-hydrogen) atoms. The average Bonchev–Trinajstić information content (AvgIpc) is 2.70. The average molecular weight is 344 g/mol. The van der Waals surface area contributed by atoms with Gasteiger partial charge in [0.2, 0.25) is 0 Å². The van der Waals surface area contributed by atoms with Crippen LogP contribution in [0.25, 0.3) is 0 Å². The summed E-state index contributed by atoms with van der Waals surface area (Å²) in [5.41, 5.74) is 1.39. The van der Waals surface area contributed by atoms with E-state index >= 15 is 0 Å². The number of anilines is 1. The van der Waals surface area contributed by atoms with Crippen LogP contribution >= 0.6 is 15.9 Å². The van der Waals surface area contributed by atoms with Crippen molar-refractivity contribution < 1.29 is 13.8 Å². The van der Waals surface area contributed by atoms with Gasteiger partial charge in [0, 0.05) is 24.2 Å². The summed E-state index contributed by atoms with van der Waals surface area (Å²) < 4.78 is 18.6. The van der Waals surface area contributed by atoms with Gasteiger partial charge in [-0.3, -0.25) is 10.1 Å². The summed E-state index contributed by atoms with van der Waals surface area (Å²) in [7, 11) is 0. The van der Waals surface area contributed by atoms with Crippen LogP contribution in [-0.4, -0.2) is 10.1 Å². The monoisotopic (exact) mass is 343 g/mol. The Kier molecular flexibility index (Phi) is 4.03. The van der Waals surface area contributed by atoms with Gasteiger partial charge in [0.25, 0.3) is 5.69 Å². The fourth-order valence-corrected chi connectivity index (χ4v) is 2.10. The first-order chi connectivity index (χ1) is 9.40. The van der Waals surface area contributed by atoms with E-state index in [2.05, 4.69) is 26.4 Å². The Balaban J connectivity index is 2.29.